The van der Waals surface area contributed by atoms with Crippen molar-refractivity contribution >= 4 is 34.9 Å². The van der Waals surface area contributed by atoms with Gasteiger partial charge in [-0.05, 0) is 35.2 Å². The second kappa shape index (κ2) is 8.58. The van der Waals surface area contributed by atoms with Gasteiger partial charge in [-0.1, -0.05) is 43.3 Å². The van der Waals surface area contributed by atoms with Gasteiger partial charge in [0, 0.05) is 17.7 Å². The quantitative estimate of drug-likeness (QED) is 0.657. The van der Waals surface area contributed by atoms with Crippen molar-refractivity contribution in [2.45, 2.75) is 19.8 Å². The van der Waals surface area contributed by atoms with Crippen LogP contribution in [0.25, 0.3) is 5.57 Å². The minimum Gasteiger partial charge on any atom is -0.294 e. The third kappa shape index (κ3) is 4.71. The lowest BCUT2D eigenvalue weighted by Gasteiger charge is -2.05. The molecule has 0 fully saturated rings. The zero-order valence-corrected chi connectivity index (χ0v) is 13.6. The highest BCUT2D eigenvalue weighted by atomic mass is 32.2. The summed E-state index contributed by atoms with van der Waals surface area (Å²) in [6.07, 6.45) is 4.16. The Kier molecular flexibility index (Phi) is 6.74. The number of carbonyl (C=O) groups excluding carboxylic acids is 1. The average Bonchev–Trinajstić information content (AvgIpc) is 2.85. The second-order valence-corrected chi connectivity index (χ2v) is 7.50. The predicted octanol–water partition coefficient (Wildman–Crippen LogP) is 4.54. The lowest BCUT2D eigenvalue weighted by molar-refractivity contribution is -0.113. The normalized spacial score (nSPS) is 18.4. The summed E-state index contributed by atoms with van der Waals surface area (Å²) < 4.78 is 0. The molecule has 0 amide bonds. The average molecular weight is 306 g/mol. The Hall–Kier alpha value is -0.670. The number of rotatable bonds is 8. The number of hydrogen-bond donors (Lipinski definition) is 0. The van der Waals surface area contributed by atoms with Gasteiger partial charge in [-0.2, -0.15) is 23.5 Å². The largest absolute Gasteiger partial charge is 0.294 e. The molecule has 0 aliphatic heterocycles. The molecule has 0 N–H and O–H groups in total. The molecular formula is C17H22OS2. The first-order valence-electron chi connectivity index (χ1n) is 7.27. The minimum absolute atomic E-state index is 0.309. The molecule has 0 spiro atoms. The second-order valence-electron chi connectivity index (χ2n) is 4.96. The van der Waals surface area contributed by atoms with E-state index in [4.69, 9.17) is 0 Å². The third-order valence-corrected chi connectivity index (χ3v) is 5.58. The van der Waals surface area contributed by atoms with E-state index in [-0.39, 0.29) is 0 Å². The highest BCUT2D eigenvalue weighted by molar-refractivity contribution is 8.00. The van der Waals surface area contributed by atoms with Crippen LogP contribution in [0.1, 0.15) is 25.3 Å². The first-order chi connectivity index (χ1) is 9.81. The van der Waals surface area contributed by atoms with E-state index in [1.54, 1.807) is 0 Å². The standard InChI is InChI=1S/C17H22OS2/c1-2-19-9-6-10-20-13-14-11-16(17(18)12-14)15-7-4-3-5-8-15/h3-5,7-8,11,14H,2,6,9-10,12-13H2,1H3. The molecule has 0 heterocycles. The number of benzene rings is 1. The minimum atomic E-state index is 0.309. The van der Waals surface area contributed by atoms with Gasteiger partial charge < -0.3 is 0 Å². The lowest BCUT2D eigenvalue weighted by atomic mass is 10.1. The summed E-state index contributed by atoms with van der Waals surface area (Å²) in [6, 6.07) is 10.0. The molecular weight excluding hydrogens is 284 g/mol. The molecule has 0 bridgehead atoms. The highest BCUT2D eigenvalue weighted by Crippen LogP contribution is 2.30. The Morgan fingerprint density at radius 3 is 2.65 bits per heavy atom. The van der Waals surface area contributed by atoms with Crippen molar-refractivity contribution in [3.63, 3.8) is 0 Å². The van der Waals surface area contributed by atoms with Crippen LogP contribution in [0.4, 0.5) is 0 Å². The van der Waals surface area contributed by atoms with E-state index in [2.05, 4.69) is 13.0 Å². The van der Waals surface area contributed by atoms with Crippen molar-refractivity contribution in [3.8, 4) is 0 Å². The molecule has 1 aromatic rings. The topological polar surface area (TPSA) is 17.1 Å². The summed E-state index contributed by atoms with van der Waals surface area (Å²) in [5.74, 6) is 5.51. The Labute approximate surface area is 130 Å². The van der Waals surface area contributed by atoms with Gasteiger partial charge in [-0.15, -0.1) is 0 Å². The zero-order valence-electron chi connectivity index (χ0n) is 12.0. The van der Waals surface area contributed by atoms with Crippen LogP contribution >= 0.6 is 23.5 Å². The molecule has 0 saturated heterocycles. The molecule has 1 aliphatic rings. The van der Waals surface area contributed by atoms with Crippen molar-refractivity contribution in [1.82, 2.24) is 0 Å². The van der Waals surface area contributed by atoms with Crippen molar-refractivity contribution in [3.05, 3.63) is 42.0 Å². The monoisotopic (exact) mass is 306 g/mol. The van der Waals surface area contributed by atoms with Crippen LogP contribution in [0.2, 0.25) is 0 Å². The number of carbonyl (C=O) groups is 1. The Morgan fingerprint density at radius 2 is 1.90 bits per heavy atom. The summed E-state index contributed by atoms with van der Waals surface area (Å²) in [5, 5.41) is 0. The summed E-state index contributed by atoms with van der Waals surface area (Å²) in [4.78, 5) is 12.1. The number of allylic oxidation sites excluding steroid dienone is 2. The molecule has 1 atom stereocenters. The lowest BCUT2D eigenvalue weighted by Crippen LogP contribution is -2.01. The van der Waals surface area contributed by atoms with Crippen LogP contribution in [-0.4, -0.2) is 28.8 Å². The van der Waals surface area contributed by atoms with Gasteiger partial charge in [-0.3, -0.25) is 4.79 Å². The number of ketones is 1. The van der Waals surface area contributed by atoms with Crippen molar-refractivity contribution in [1.29, 1.82) is 0 Å². The molecule has 1 unspecified atom stereocenters. The Bertz CT molecular complexity index is 453. The van der Waals surface area contributed by atoms with E-state index in [9.17, 15) is 4.79 Å². The maximum Gasteiger partial charge on any atom is 0.163 e. The van der Waals surface area contributed by atoms with E-state index < -0.39 is 0 Å². The van der Waals surface area contributed by atoms with E-state index >= 15 is 0 Å². The first-order valence-corrected chi connectivity index (χ1v) is 9.58. The molecule has 2 rings (SSSR count). The smallest absolute Gasteiger partial charge is 0.163 e. The van der Waals surface area contributed by atoms with Gasteiger partial charge >= 0.3 is 0 Å². The molecule has 108 valence electrons. The molecule has 0 radical (unpaired) electrons. The summed E-state index contributed by atoms with van der Waals surface area (Å²) in [5.41, 5.74) is 2.00. The van der Waals surface area contributed by atoms with Crippen LogP contribution in [0, 0.1) is 5.92 Å². The summed E-state index contributed by atoms with van der Waals surface area (Å²) in [6.45, 7) is 2.21. The predicted molar refractivity (Wildman–Crippen MR) is 92.5 cm³/mol. The van der Waals surface area contributed by atoms with Crippen LogP contribution in [-0.2, 0) is 4.79 Å². The maximum absolute atomic E-state index is 12.1. The van der Waals surface area contributed by atoms with Crippen LogP contribution in [0.5, 0.6) is 0 Å². The molecule has 0 aromatic heterocycles. The van der Waals surface area contributed by atoms with Crippen LogP contribution in [0.15, 0.2) is 36.4 Å². The van der Waals surface area contributed by atoms with Gasteiger partial charge in [0.2, 0.25) is 0 Å². The molecule has 1 aromatic carbocycles. The van der Waals surface area contributed by atoms with Gasteiger partial charge in [0.1, 0.15) is 0 Å². The van der Waals surface area contributed by atoms with Crippen molar-refractivity contribution < 1.29 is 4.79 Å². The molecule has 3 heteroatoms. The van der Waals surface area contributed by atoms with Crippen LogP contribution < -0.4 is 0 Å². The van der Waals surface area contributed by atoms with Gasteiger partial charge in [0.25, 0.3) is 0 Å². The van der Waals surface area contributed by atoms with Crippen molar-refractivity contribution in [2.75, 3.05) is 23.0 Å². The fourth-order valence-electron chi connectivity index (χ4n) is 2.36. The van der Waals surface area contributed by atoms with Gasteiger partial charge in [0.15, 0.2) is 5.78 Å². The van der Waals surface area contributed by atoms with E-state index in [0.717, 1.165) is 16.9 Å². The molecule has 0 saturated carbocycles. The third-order valence-electron chi connectivity index (χ3n) is 3.35. The number of Topliss-reactive ketones (excluding diaryl/α,β-unsaturated/α-hetero) is 1. The number of thioether (sulfide) groups is 2. The summed E-state index contributed by atoms with van der Waals surface area (Å²) in [7, 11) is 0. The first kappa shape index (κ1) is 15.7. The van der Waals surface area contributed by atoms with Gasteiger partial charge in [0.05, 0.1) is 0 Å². The maximum atomic E-state index is 12.1. The SMILES string of the molecule is CCSCCCSCC1C=C(c2ccccc2)C(=O)C1. The fourth-order valence-corrected chi connectivity index (χ4v) is 4.21. The number of hydrogen-bond acceptors (Lipinski definition) is 3. The van der Waals surface area contributed by atoms with Crippen molar-refractivity contribution in [2.24, 2.45) is 5.92 Å². The Balaban J connectivity index is 1.78. The van der Waals surface area contributed by atoms with E-state index in [1.807, 2.05) is 53.9 Å². The van der Waals surface area contributed by atoms with Gasteiger partial charge in [-0.25, -0.2) is 0 Å². The van der Waals surface area contributed by atoms with E-state index in [0.29, 0.717) is 18.1 Å². The summed E-state index contributed by atoms with van der Waals surface area (Å²) >= 11 is 4.00. The van der Waals surface area contributed by atoms with E-state index in [1.165, 1.54) is 23.7 Å². The molecule has 1 aliphatic carbocycles. The van der Waals surface area contributed by atoms with Crippen LogP contribution in [0.3, 0.4) is 0 Å². The Morgan fingerprint density at radius 1 is 1.15 bits per heavy atom. The molecule has 20 heavy (non-hydrogen) atoms. The zero-order chi connectivity index (χ0) is 14.2. The molecule has 1 nitrogen and oxygen atoms in total. The highest BCUT2D eigenvalue weighted by Gasteiger charge is 2.24. The fraction of sp³-hybridized carbons (Fsp3) is 0.471.